The molecule has 7 nitrogen and oxygen atoms in total. The number of alkyl carbamates (subject to hydrolysis) is 1. The van der Waals surface area contributed by atoms with Crippen LogP contribution in [0.25, 0.3) is 0 Å². The molecule has 0 saturated carbocycles. The number of hydrogen-bond acceptors (Lipinski definition) is 5. The number of aliphatic carboxylic acids is 1. The van der Waals surface area contributed by atoms with Gasteiger partial charge in [-0.25, -0.2) is 9.59 Å². The van der Waals surface area contributed by atoms with Gasteiger partial charge in [0.25, 0.3) is 0 Å². The summed E-state index contributed by atoms with van der Waals surface area (Å²) >= 11 is 0. The predicted octanol–water partition coefficient (Wildman–Crippen LogP) is 0.714. The van der Waals surface area contributed by atoms with Crippen molar-refractivity contribution >= 4 is 17.8 Å². The second-order valence-corrected chi connectivity index (χ2v) is 5.61. The van der Waals surface area contributed by atoms with Crippen molar-refractivity contribution in [2.24, 2.45) is 0 Å². The average molecular weight is 273 g/mol. The van der Waals surface area contributed by atoms with E-state index in [1.165, 1.54) is 0 Å². The van der Waals surface area contributed by atoms with Gasteiger partial charge in [0.15, 0.2) is 0 Å². The van der Waals surface area contributed by atoms with Crippen LogP contribution < -0.4 is 5.32 Å². The van der Waals surface area contributed by atoms with Gasteiger partial charge in [-0.05, 0) is 27.2 Å². The van der Waals surface area contributed by atoms with Crippen LogP contribution in [0, 0.1) is 0 Å². The standard InChI is InChI=1S/C12H19NO6/c1-11(2,3)19-10(17)13-12(4-5-18-7-12)6-8(14)9(15)16/h4-7H2,1-3H3,(H,13,17)(H,15,16). The van der Waals surface area contributed by atoms with Crippen LogP contribution in [0.4, 0.5) is 4.79 Å². The van der Waals surface area contributed by atoms with Gasteiger partial charge >= 0.3 is 12.1 Å². The summed E-state index contributed by atoms with van der Waals surface area (Å²) in [5.74, 6) is -2.47. The second-order valence-electron chi connectivity index (χ2n) is 5.61. The van der Waals surface area contributed by atoms with E-state index < -0.39 is 29.0 Å². The molecule has 1 heterocycles. The van der Waals surface area contributed by atoms with Crippen molar-refractivity contribution in [1.82, 2.24) is 5.32 Å². The van der Waals surface area contributed by atoms with E-state index in [1.54, 1.807) is 20.8 Å². The third-order valence-corrected chi connectivity index (χ3v) is 2.61. The van der Waals surface area contributed by atoms with Gasteiger partial charge in [0.1, 0.15) is 5.60 Å². The van der Waals surface area contributed by atoms with Crippen LogP contribution in [0.3, 0.4) is 0 Å². The lowest BCUT2D eigenvalue weighted by atomic mass is 9.92. The highest BCUT2D eigenvalue weighted by atomic mass is 16.6. The zero-order chi connectivity index (χ0) is 14.7. The number of carboxylic acid groups (broad SMARTS) is 1. The van der Waals surface area contributed by atoms with Crippen LogP contribution in [-0.2, 0) is 19.1 Å². The molecule has 0 aromatic heterocycles. The molecule has 1 unspecified atom stereocenters. The molecule has 0 aromatic rings. The number of ketones is 1. The lowest BCUT2D eigenvalue weighted by Crippen LogP contribution is -2.52. The van der Waals surface area contributed by atoms with Crippen LogP contribution in [0.15, 0.2) is 0 Å². The highest BCUT2D eigenvalue weighted by Gasteiger charge is 2.40. The fraction of sp³-hybridized carbons (Fsp3) is 0.750. The number of Topliss-reactive ketones (excluding diaryl/α,β-unsaturated/α-hetero) is 1. The monoisotopic (exact) mass is 273 g/mol. The Labute approximate surface area is 111 Å². The Kier molecular flexibility index (Phi) is 4.52. The lowest BCUT2D eigenvalue weighted by Gasteiger charge is -2.29. The molecule has 0 aliphatic carbocycles. The second kappa shape index (κ2) is 5.56. The fourth-order valence-electron chi connectivity index (χ4n) is 1.79. The van der Waals surface area contributed by atoms with Gasteiger partial charge in [0.2, 0.25) is 5.78 Å². The molecular formula is C12H19NO6. The Morgan fingerprint density at radius 3 is 2.42 bits per heavy atom. The molecule has 0 spiro atoms. The van der Waals surface area contributed by atoms with Gasteiger partial charge < -0.3 is 19.9 Å². The van der Waals surface area contributed by atoms with Crippen LogP contribution in [-0.4, -0.2) is 47.3 Å². The summed E-state index contributed by atoms with van der Waals surface area (Å²) in [6, 6.07) is 0. The number of hydrogen-bond donors (Lipinski definition) is 2. The Bertz CT molecular complexity index is 378. The maximum Gasteiger partial charge on any atom is 0.408 e. The SMILES string of the molecule is CC(C)(C)OC(=O)NC1(CC(=O)C(=O)O)CCOC1. The molecule has 1 amide bonds. The molecule has 0 bridgehead atoms. The molecule has 0 radical (unpaired) electrons. The molecule has 1 rings (SSSR count). The summed E-state index contributed by atoms with van der Waals surface area (Å²) in [5, 5.41) is 11.2. The van der Waals surface area contributed by atoms with E-state index in [4.69, 9.17) is 14.6 Å². The van der Waals surface area contributed by atoms with Crippen molar-refractivity contribution in [3.63, 3.8) is 0 Å². The zero-order valence-electron chi connectivity index (χ0n) is 11.3. The number of carboxylic acids is 1. The molecule has 108 valence electrons. The molecule has 1 saturated heterocycles. The summed E-state index contributed by atoms with van der Waals surface area (Å²) in [6.07, 6.45) is -0.608. The Morgan fingerprint density at radius 2 is 2.00 bits per heavy atom. The lowest BCUT2D eigenvalue weighted by molar-refractivity contribution is -0.149. The third kappa shape index (κ3) is 4.86. The minimum atomic E-state index is -1.52. The molecule has 19 heavy (non-hydrogen) atoms. The molecule has 1 fully saturated rings. The van der Waals surface area contributed by atoms with Gasteiger partial charge in [-0.1, -0.05) is 0 Å². The number of ether oxygens (including phenoxy) is 2. The van der Waals surface area contributed by atoms with Crippen molar-refractivity contribution in [2.45, 2.75) is 44.8 Å². The first kappa shape index (κ1) is 15.4. The number of rotatable bonds is 4. The minimum absolute atomic E-state index is 0.102. The first-order valence-electron chi connectivity index (χ1n) is 5.99. The van der Waals surface area contributed by atoms with Crippen LogP contribution in [0.1, 0.15) is 33.6 Å². The van der Waals surface area contributed by atoms with Crippen LogP contribution in [0.2, 0.25) is 0 Å². The van der Waals surface area contributed by atoms with E-state index >= 15 is 0 Å². The largest absolute Gasteiger partial charge is 0.475 e. The van der Waals surface area contributed by atoms with Crippen LogP contribution >= 0.6 is 0 Å². The van der Waals surface area contributed by atoms with Gasteiger partial charge in [-0.15, -0.1) is 0 Å². The zero-order valence-corrected chi connectivity index (χ0v) is 11.3. The van der Waals surface area contributed by atoms with Gasteiger partial charge in [0.05, 0.1) is 12.1 Å². The summed E-state index contributed by atoms with van der Waals surface area (Å²) in [6.45, 7) is 5.61. The number of carbonyl (C=O) groups excluding carboxylic acids is 2. The smallest absolute Gasteiger partial charge is 0.408 e. The van der Waals surface area contributed by atoms with Gasteiger partial charge in [-0.2, -0.15) is 0 Å². The Balaban J connectivity index is 2.69. The summed E-state index contributed by atoms with van der Waals surface area (Å²) in [5.41, 5.74) is -1.65. The maximum atomic E-state index is 11.7. The van der Waals surface area contributed by atoms with Crippen molar-refractivity contribution in [2.75, 3.05) is 13.2 Å². The Hall–Kier alpha value is -1.63. The van der Waals surface area contributed by atoms with Crippen molar-refractivity contribution in [3.8, 4) is 0 Å². The van der Waals surface area contributed by atoms with Gasteiger partial charge in [0, 0.05) is 13.0 Å². The van der Waals surface area contributed by atoms with E-state index in [-0.39, 0.29) is 13.0 Å². The highest BCUT2D eigenvalue weighted by molar-refractivity contribution is 6.32. The molecular weight excluding hydrogens is 254 g/mol. The van der Waals surface area contributed by atoms with E-state index in [2.05, 4.69) is 5.32 Å². The van der Waals surface area contributed by atoms with Crippen molar-refractivity contribution < 1.29 is 29.0 Å². The predicted molar refractivity (Wildman–Crippen MR) is 64.8 cm³/mol. The number of nitrogens with one attached hydrogen (secondary N) is 1. The number of amides is 1. The first-order valence-corrected chi connectivity index (χ1v) is 5.99. The summed E-state index contributed by atoms with van der Waals surface area (Å²) in [4.78, 5) is 33.7. The molecule has 7 heteroatoms. The third-order valence-electron chi connectivity index (χ3n) is 2.61. The van der Waals surface area contributed by atoms with E-state index in [0.29, 0.717) is 13.0 Å². The van der Waals surface area contributed by atoms with E-state index in [1.807, 2.05) is 0 Å². The van der Waals surface area contributed by atoms with Crippen molar-refractivity contribution in [3.05, 3.63) is 0 Å². The normalized spacial score (nSPS) is 22.9. The Morgan fingerprint density at radius 1 is 1.37 bits per heavy atom. The summed E-state index contributed by atoms with van der Waals surface area (Å²) in [7, 11) is 0. The van der Waals surface area contributed by atoms with Crippen molar-refractivity contribution in [1.29, 1.82) is 0 Å². The summed E-state index contributed by atoms with van der Waals surface area (Å²) < 4.78 is 10.3. The molecule has 1 atom stereocenters. The molecule has 0 aromatic carbocycles. The molecule has 2 N–H and O–H groups in total. The topological polar surface area (TPSA) is 102 Å². The van der Waals surface area contributed by atoms with Crippen LogP contribution in [0.5, 0.6) is 0 Å². The minimum Gasteiger partial charge on any atom is -0.475 e. The molecule has 1 aliphatic heterocycles. The number of carbonyl (C=O) groups is 3. The fourth-order valence-corrected chi connectivity index (χ4v) is 1.79. The van der Waals surface area contributed by atoms with E-state index in [0.717, 1.165) is 0 Å². The quantitative estimate of drug-likeness (QED) is 0.731. The highest BCUT2D eigenvalue weighted by Crippen LogP contribution is 2.24. The van der Waals surface area contributed by atoms with E-state index in [9.17, 15) is 14.4 Å². The average Bonchev–Trinajstić information content (AvgIpc) is 2.62. The first-order chi connectivity index (χ1) is 8.64. The molecule has 1 aliphatic rings. The maximum absolute atomic E-state index is 11.7. The van der Waals surface area contributed by atoms with Gasteiger partial charge in [-0.3, -0.25) is 4.79 Å².